The first kappa shape index (κ1) is 14.0. The highest BCUT2D eigenvalue weighted by Gasteiger charge is 2.09. The molecule has 20 heavy (non-hydrogen) atoms. The Labute approximate surface area is 115 Å². The van der Waals surface area contributed by atoms with E-state index >= 15 is 0 Å². The molecule has 0 bridgehead atoms. The Bertz CT molecular complexity index is 603. The summed E-state index contributed by atoms with van der Waals surface area (Å²) in [5, 5.41) is 5.89. The molecular formula is C13H15F2N5. The summed E-state index contributed by atoms with van der Waals surface area (Å²) in [5.74, 6) is -1.000. The van der Waals surface area contributed by atoms with E-state index < -0.39 is 11.6 Å². The third-order valence-corrected chi connectivity index (χ3v) is 2.61. The standard InChI is InChI=1S/C13H15F2N5/c1-2-5-17-12-11(16)13(19-7-18-12)20-8-3-4-9(14)10(15)6-8/h3-4,6-7H,2,5,16H2,1H3,(H2,17,18,19,20). The molecule has 1 aromatic carbocycles. The topological polar surface area (TPSA) is 75.9 Å². The minimum absolute atomic E-state index is 0.325. The van der Waals surface area contributed by atoms with Crippen LogP contribution in [0.3, 0.4) is 0 Å². The second-order valence-electron chi connectivity index (χ2n) is 4.17. The van der Waals surface area contributed by atoms with Crippen molar-refractivity contribution in [3.05, 3.63) is 36.2 Å². The molecule has 0 unspecified atom stereocenters. The monoisotopic (exact) mass is 279 g/mol. The van der Waals surface area contributed by atoms with Crippen molar-refractivity contribution >= 4 is 23.0 Å². The van der Waals surface area contributed by atoms with Gasteiger partial charge in [0, 0.05) is 18.3 Å². The average molecular weight is 279 g/mol. The zero-order valence-corrected chi connectivity index (χ0v) is 11.0. The smallest absolute Gasteiger partial charge is 0.160 e. The van der Waals surface area contributed by atoms with Crippen LogP contribution in [0.4, 0.5) is 31.8 Å². The number of nitrogen functional groups attached to an aromatic ring is 1. The molecule has 0 fully saturated rings. The Morgan fingerprint density at radius 3 is 2.60 bits per heavy atom. The second kappa shape index (κ2) is 6.14. The minimum Gasteiger partial charge on any atom is -0.393 e. The van der Waals surface area contributed by atoms with Crippen molar-refractivity contribution in [2.45, 2.75) is 13.3 Å². The molecule has 0 aliphatic rings. The Kier molecular flexibility index (Phi) is 4.29. The molecule has 0 amide bonds. The average Bonchev–Trinajstić information content (AvgIpc) is 2.44. The van der Waals surface area contributed by atoms with Gasteiger partial charge in [0.15, 0.2) is 23.3 Å². The summed E-state index contributed by atoms with van der Waals surface area (Å²) in [7, 11) is 0. The summed E-state index contributed by atoms with van der Waals surface area (Å²) < 4.78 is 26.0. The van der Waals surface area contributed by atoms with E-state index in [2.05, 4.69) is 20.6 Å². The Balaban J connectivity index is 2.22. The zero-order valence-electron chi connectivity index (χ0n) is 11.0. The Hall–Kier alpha value is -2.44. The van der Waals surface area contributed by atoms with Crippen molar-refractivity contribution in [1.82, 2.24) is 9.97 Å². The van der Waals surface area contributed by atoms with Crippen molar-refractivity contribution in [2.24, 2.45) is 0 Å². The van der Waals surface area contributed by atoms with E-state index in [0.717, 1.165) is 25.1 Å². The Morgan fingerprint density at radius 2 is 1.90 bits per heavy atom. The minimum atomic E-state index is -0.938. The molecule has 2 aromatic rings. The van der Waals surface area contributed by atoms with Gasteiger partial charge in [-0.3, -0.25) is 0 Å². The van der Waals surface area contributed by atoms with Crippen LogP contribution in [0.25, 0.3) is 0 Å². The number of hydrogen-bond acceptors (Lipinski definition) is 5. The lowest BCUT2D eigenvalue weighted by molar-refractivity contribution is 0.509. The van der Waals surface area contributed by atoms with Crippen molar-refractivity contribution < 1.29 is 8.78 Å². The third-order valence-electron chi connectivity index (χ3n) is 2.61. The molecule has 0 saturated carbocycles. The van der Waals surface area contributed by atoms with E-state index in [-0.39, 0.29) is 0 Å². The van der Waals surface area contributed by atoms with Crippen molar-refractivity contribution in [3.63, 3.8) is 0 Å². The summed E-state index contributed by atoms with van der Waals surface area (Å²) in [4.78, 5) is 8.02. The van der Waals surface area contributed by atoms with E-state index in [1.54, 1.807) is 0 Å². The highest BCUT2D eigenvalue weighted by Crippen LogP contribution is 2.26. The lowest BCUT2D eigenvalue weighted by Gasteiger charge is -2.12. The van der Waals surface area contributed by atoms with Crippen LogP contribution in [0.2, 0.25) is 0 Å². The molecule has 0 spiro atoms. The predicted molar refractivity (Wildman–Crippen MR) is 74.9 cm³/mol. The van der Waals surface area contributed by atoms with Crippen LogP contribution in [-0.2, 0) is 0 Å². The van der Waals surface area contributed by atoms with Gasteiger partial charge in [0.1, 0.15) is 12.0 Å². The van der Waals surface area contributed by atoms with Gasteiger partial charge in [-0.05, 0) is 18.6 Å². The van der Waals surface area contributed by atoms with Gasteiger partial charge < -0.3 is 16.4 Å². The Morgan fingerprint density at radius 1 is 1.15 bits per heavy atom. The van der Waals surface area contributed by atoms with Crippen molar-refractivity contribution in [3.8, 4) is 0 Å². The molecule has 4 N–H and O–H groups in total. The number of nitrogens with zero attached hydrogens (tertiary/aromatic N) is 2. The SMILES string of the molecule is CCCNc1ncnc(Nc2ccc(F)c(F)c2)c1N. The predicted octanol–water partition coefficient (Wildman–Crippen LogP) is 2.90. The number of nitrogens with two attached hydrogens (primary N) is 1. The number of halogens is 2. The molecule has 1 aromatic heterocycles. The first-order chi connectivity index (χ1) is 9.61. The third kappa shape index (κ3) is 3.11. The fourth-order valence-corrected chi connectivity index (χ4v) is 1.59. The van der Waals surface area contributed by atoms with Gasteiger partial charge in [-0.25, -0.2) is 18.7 Å². The summed E-state index contributed by atoms with van der Waals surface area (Å²) in [6.45, 7) is 2.75. The lowest BCUT2D eigenvalue weighted by atomic mass is 10.3. The van der Waals surface area contributed by atoms with Crippen LogP contribution in [0.5, 0.6) is 0 Å². The quantitative estimate of drug-likeness (QED) is 0.784. The zero-order chi connectivity index (χ0) is 14.5. The molecule has 106 valence electrons. The van der Waals surface area contributed by atoms with Gasteiger partial charge in [-0.15, -0.1) is 0 Å². The number of benzene rings is 1. The van der Waals surface area contributed by atoms with E-state index in [1.165, 1.54) is 12.4 Å². The summed E-state index contributed by atoms with van der Waals surface area (Å²) in [6, 6.07) is 3.47. The molecule has 2 rings (SSSR count). The van der Waals surface area contributed by atoms with Crippen LogP contribution < -0.4 is 16.4 Å². The number of nitrogens with one attached hydrogen (secondary N) is 2. The van der Waals surface area contributed by atoms with Gasteiger partial charge in [-0.2, -0.15) is 0 Å². The van der Waals surface area contributed by atoms with Crippen LogP contribution in [0, 0.1) is 11.6 Å². The van der Waals surface area contributed by atoms with Gasteiger partial charge in [0.25, 0.3) is 0 Å². The number of anilines is 4. The number of hydrogen-bond donors (Lipinski definition) is 3. The summed E-state index contributed by atoms with van der Waals surface area (Å²) in [5.41, 5.74) is 6.60. The maximum absolute atomic E-state index is 13.1. The normalized spacial score (nSPS) is 10.3. The molecule has 7 heteroatoms. The fourth-order valence-electron chi connectivity index (χ4n) is 1.59. The van der Waals surface area contributed by atoms with Gasteiger partial charge >= 0.3 is 0 Å². The summed E-state index contributed by atoms with van der Waals surface area (Å²) >= 11 is 0. The van der Waals surface area contributed by atoms with Crippen LogP contribution >= 0.6 is 0 Å². The fraction of sp³-hybridized carbons (Fsp3) is 0.231. The second-order valence-corrected chi connectivity index (χ2v) is 4.17. The van der Waals surface area contributed by atoms with E-state index in [0.29, 0.717) is 23.0 Å². The van der Waals surface area contributed by atoms with Crippen LogP contribution in [-0.4, -0.2) is 16.5 Å². The summed E-state index contributed by atoms with van der Waals surface area (Å²) in [6.07, 6.45) is 2.27. The lowest BCUT2D eigenvalue weighted by Crippen LogP contribution is -2.08. The molecule has 0 atom stereocenters. The molecule has 5 nitrogen and oxygen atoms in total. The van der Waals surface area contributed by atoms with Crippen molar-refractivity contribution in [2.75, 3.05) is 22.9 Å². The van der Waals surface area contributed by atoms with E-state index in [1.807, 2.05) is 6.92 Å². The highest BCUT2D eigenvalue weighted by atomic mass is 19.2. The highest BCUT2D eigenvalue weighted by molar-refractivity contribution is 5.77. The maximum atomic E-state index is 13.1. The van der Waals surface area contributed by atoms with Crippen LogP contribution in [0.15, 0.2) is 24.5 Å². The first-order valence-corrected chi connectivity index (χ1v) is 6.18. The molecular weight excluding hydrogens is 264 g/mol. The maximum Gasteiger partial charge on any atom is 0.160 e. The molecule has 0 radical (unpaired) electrons. The van der Waals surface area contributed by atoms with Gasteiger partial charge in [-0.1, -0.05) is 6.92 Å². The molecule has 1 heterocycles. The molecule has 0 aliphatic carbocycles. The van der Waals surface area contributed by atoms with E-state index in [9.17, 15) is 8.78 Å². The first-order valence-electron chi connectivity index (χ1n) is 6.18. The number of rotatable bonds is 5. The largest absolute Gasteiger partial charge is 0.393 e. The van der Waals surface area contributed by atoms with Gasteiger partial charge in [0.2, 0.25) is 0 Å². The number of aromatic nitrogens is 2. The molecule has 0 saturated heterocycles. The van der Waals surface area contributed by atoms with Crippen molar-refractivity contribution in [1.29, 1.82) is 0 Å². The van der Waals surface area contributed by atoms with Crippen LogP contribution in [0.1, 0.15) is 13.3 Å². The van der Waals surface area contributed by atoms with Gasteiger partial charge in [0.05, 0.1) is 0 Å². The van der Waals surface area contributed by atoms with E-state index in [4.69, 9.17) is 5.73 Å². The molecule has 0 aliphatic heterocycles.